The Morgan fingerprint density at radius 3 is 3.00 bits per heavy atom. The van der Waals surface area contributed by atoms with Crippen molar-refractivity contribution in [2.75, 3.05) is 0 Å². The summed E-state index contributed by atoms with van der Waals surface area (Å²) in [6.45, 7) is 3.32. The Labute approximate surface area is 94.9 Å². The van der Waals surface area contributed by atoms with Crippen LogP contribution in [0.3, 0.4) is 0 Å². The van der Waals surface area contributed by atoms with Crippen molar-refractivity contribution in [3.8, 4) is 0 Å². The van der Waals surface area contributed by atoms with Crippen molar-refractivity contribution in [1.82, 2.24) is 4.57 Å². The predicted octanol–water partition coefficient (Wildman–Crippen LogP) is 3.04. The van der Waals surface area contributed by atoms with Crippen LogP contribution in [0.5, 0.6) is 0 Å². The highest BCUT2D eigenvalue weighted by Gasteiger charge is 2.21. The normalized spacial score (nSPS) is 19.7. The van der Waals surface area contributed by atoms with Gasteiger partial charge in [-0.05, 0) is 24.8 Å². The van der Waals surface area contributed by atoms with Gasteiger partial charge in [-0.15, -0.1) is 0 Å². The predicted molar refractivity (Wildman–Crippen MR) is 64.8 cm³/mol. The molecule has 16 heavy (non-hydrogen) atoms. The number of carbonyl (C=O) groups excluding carboxylic acids is 1. The van der Waals surface area contributed by atoms with E-state index in [1.807, 2.05) is 12.1 Å². The molecule has 1 atom stereocenters. The van der Waals surface area contributed by atoms with Crippen LogP contribution >= 0.6 is 0 Å². The Bertz CT molecular complexity index is 553. The minimum absolute atomic E-state index is 0.711. The number of rotatable bonds is 1. The molecule has 0 aliphatic carbocycles. The highest BCUT2D eigenvalue weighted by Crippen LogP contribution is 2.31. The highest BCUT2D eigenvalue weighted by molar-refractivity contribution is 5.99. The summed E-state index contributed by atoms with van der Waals surface area (Å²) in [5, 5.41) is 1.11. The van der Waals surface area contributed by atoms with Crippen molar-refractivity contribution < 1.29 is 4.79 Å². The van der Waals surface area contributed by atoms with E-state index in [2.05, 4.69) is 23.6 Å². The summed E-state index contributed by atoms with van der Waals surface area (Å²) in [5.41, 5.74) is 3.35. The van der Waals surface area contributed by atoms with Gasteiger partial charge in [-0.3, -0.25) is 4.79 Å². The first-order valence-electron chi connectivity index (χ1n) is 5.86. The van der Waals surface area contributed by atoms with Gasteiger partial charge in [-0.25, -0.2) is 0 Å². The lowest BCUT2D eigenvalue weighted by Crippen LogP contribution is -2.18. The highest BCUT2D eigenvalue weighted by atomic mass is 16.1. The summed E-state index contributed by atoms with van der Waals surface area (Å²) in [6, 6.07) is 8.22. The van der Waals surface area contributed by atoms with Gasteiger partial charge in [0.2, 0.25) is 0 Å². The zero-order valence-corrected chi connectivity index (χ0v) is 9.44. The zero-order valence-electron chi connectivity index (χ0n) is 9.44. The zero-order chi connectivity index (χ0) is 11.1. The van der Waals surface area contributed by atoms with E-state index in [4.69, 9.17) is 0 Å². The van der Waals surface area contributed by atoms with E-state index < -0.39 is 0 Å². The minimum atomic E-state index is 0.711. The molecule has 0 bridgehead atoms. The van der Waals surface area contributed by atoms with Crippen LogP contribution in [0.25, 0.3) is 10.9 Å². The molecule has 3 rings (SSSR count). The van der Waals surface area contributed by atoms with Gasteiger partial charge in [0.25, 0.3) is 0 Å². The van der Waals surface area contributed by atoms with Crippen LogP contribution in [0.15, 0.2) is 24.3 Å². The number of hydrogen-bond donors (Lipinski definition) is 0. The van der Waals surface area contributed by atoms with Crippen molar-refractivity contribution in [1.29, 1.82) is 0 Å². The molecule has 82 valence electrons. The van der Waals surface area contributed by atoms with Crippen molar-refractivity contribution in [2.24, 2.45) is 5.92 Å². The van der Waals surface area contributed by atoms with Crippen molar-refractivity contribution in [3.05, 3.63) is 35.5 Å². The molecule has 2 heteroatoms. The van der Waals surface area contributed by atoms with Crippen LogP contribution in [-0.4, -0.2) is 10.9 Å². The van der Waals surface area contributed by atoms with E-state index in [1.54, 1.807) is 0 Å². The maximum atomic E-state index is 11.2. The van der Waals surface area contributed by atoms with Gasteiger partial charge < -0.3 is 4.57 Å². The lowest BCUT2D eigenvalue weighted by Gasteiger charge is -2.22. The number of nitrogens with zero attached hydrogens (tertiary/aromatic N) is 1. The van der Waals surface area contributed by atoms with Gasteiger partial charge in [0.05, 0.1) is 0 Å². The second-order valence-corrected chi connectivity index (χ2v) is 4.75. The largest absolute Gasteiger partial charge is 0.344 e. The van der Waals surface area contributed by atoms with E-state index in [-0.39, 0.29) is 0 Å². The number of fused-ring (bicyclic) bond motifs is 3. The third-order valence-electron chi connectivity index (χ3n) is 3.61. The van der Waals surface area contributed by atoms with Gasteiger partial charge in [0.15, 0.2) is 6.29 Å². The average Bonchev–Trinajstić information content (AvgIpc) is 2.62. The fraction of sp³-hybridized carbons (Fsp3) is 0.357. The van der Waals surface area contributed by atoms with Crippen molar-refractivity contribution in [3.63, 3.8) is 0 Å². The molecule has 0 spiro atoms. The third kappa shape index (κ3) is 1.22. The van der Waals surface area contributed by atoms with Crippen LogP contribution in [-0.2, 0) is 13.0 Å². The minimum Gasteiger partial charge on any atom is -0.344 e. The second-order valence-electron chi connectivity index (χ2n) is 4.75. The van der Waals surface area contributed by atoms with Crippen LogP contribution in [0, 0.1) is 5.92 Å². The molecule has 2 heterocycles. The molecule has 2 aromatic rings. The van der Waals surface area contributed by atoms with Gasteiger partial charge in [0.1, 0.15) is 0 Å². The maximum Gasteiger partial charge on any atom is 0.152 e. The number of para-hydroxylation sites is 1. The molecule has 0 saturated carbocycles. The van der Waals surface area contributed by atoms with Crippen molar-refractivity contribution in [2.45, 2.75) is 26.3 Å². The molecule has 1 aliphatic rings. The van der Waals surface area contributed by atoms with Crippen LogP contribution in [0.1, 0.15) is 29.4 Å². The molecule has 0 N–H and O–H groups in total. The summed E-state index contributed by atoms with van der Waals surface area (Å²) >= 11 is 0. The monoisotopic (exact) mass is 213 g/mol. The summed E-state index contributed by atoms with van der Waals surface area (Å²) < 4.78 is 2.33. The fourth-order valence-corrected chi connectivity index (χ4v) is 2.78. The van der Waals surface area contributed by atoms with Crippen LogP contribution < -0.4 is 0 Å². The first-order valence-corrected chi connectivity index (χ1v) is 5.86. The van der Waals surface area contributed by atoms with E-state index >= 15 is 0 Å². The smallest absolute Gasteiger partial charge is 0.152 e. The maximum absolute atomic E-state index is 11.2. The quantitative estimate of drug-likeness (QED) is 0.667. The third-order valence-corrected chi connectivity index (χ3v) is 3.61. The lowest BCUT2D eigenvalue weighted by atomic mass is 9.98. The molecule has 1 unspecified atom stereocenters. The molecule has 0 radical (unpaired) electrons. The number of benzene rings is 1. The Balaban J connectivity index is 2.35. The van der Waals surface area contributed by atoms with E-state index in [9.17, 15) is 4.79 Å². The van der Waals surface area contributed by atoms with Crippen LogP contribution in [0.4, 0.5) is 0 Å². The average molecular weight is 213 g/mol. The molecular weight excluding hydrogens is 198 g/mol. The number of hydrogen-bond acceptors (Lipinski definition) is 1. The first-order chi connectivity index (χ1) is 7.81. The SMILES string of the molecule is CC1CCc2c(C=O)c3ccccc3n2C1. The molecular formula is C14H15NO. The molecule has 0 fully saturated rings. The summed E-state index contributed by atoms with van der Waals surface area (Å²) in [7, 11) is 0. The number of aromatic nitrogens is 1. The number of carbonyl (C=O) groups is 1. The van der Waals surface area contributed by atoms with E-state index in [1.165, 1.54) is 17.6 Å². The second kappa shape index (κ2) is 3.48. The number of aldehydes is 1. The van der Waals surface area contributed by atoms with Gasteiger partial charge in [0, 0.05) is 28.7 Å². The van der Waals surface area contributed by atoms with Crippen LogP contribution in [0.2, 0.25) is 0 Å². The van der Waals surface area contributed by atoms with Gasteiger partial charge >= 0.3 is 0 Å². The Kier molecular flexibility index (Phi) is 2.10. The molecule has 1 aliphatic heterocycles. The first kappa shape index (κ1) is 9.64. The Morgan fingerprint density at radius 1 is 1.38 bits per heavy atom. The van der Waals surface area contributed by atoms with Crippen molar-refractivity contribution >= 4 is 17.2 Å². The Morgan fingerprint density at radius 2 is 2.19 bits per heavy atom. The summed E-state index contributed by atoms with van der Waals surface area (Å²) in [5.74, 6) is 0.711. The molecule has 1 aromatic heterocycles. The molecule has 0 amide bonds. The standard InChI is InChI=1S/C14H15NO/c1-10-6-7-14-12(9-16)11-4-2-3-5-13(11)15(14)8-10/h2-5,9-10H,6-8H2,1H3. The lowest BCUT2D eigenvalue weighted by molar-refractivity contribution is 0.112. The van der Waals surface area contributed by atoms with Gasteiger partial charge in [-0.2, -0.15) is 0 Å². The summed E-state index contributed by atoms with van der Waals surface area (Å²) in [4.78, 5) is 11.2. The molecule has 0 saturated heterocycles. The molecule has 1 aromatic carbocycles. The topological polar surface area (TPSA) is 22.0 Å². The molecule has 2 nitrogen and oxygen atoms in total. The Hall–Kier alpha value is -1.57. The van der Waals surface area contributed by atoms with E-state index in [0.717, 1.165) is 30.2 Å². The summed E-state index contributed by atoms with van der Waals surface area (Å²) in [6.07, 6.45) is 3.24. The van der Waals surface area contributed by atoms with E-state index in [0.29, 0.717) is 5.92 Å². The van der Waals surface area contributed by atoms with Gasteiger partial charge in [-0.1, -0.05) is 25.1 Å². The fourth-order valence-electron chi connectivity index (χ4n) is 2.78.